The zero-order valence-electron chi connectivity index (χ0n) is 13.5. The molecular formula is C19H19N3S. The molecule has 0 fully saturated rings. The molecule has 1 aromatic heterocycles. The Balaban J connectivity index is 1.87. The van der Waals surface area contributed by atoms with Crippen LogP contribution in [-0.2, 0) is 0 Å². The molecule has 0 amide bonds. The maximum absolute atomic E-state index is 4.73. The molecule has 23 heavy (non-hydrogen) atoms. The molecule has 116 valence electrons. The number of fused-ring (bicyclic) bond motifs is 3. The van der Waals surface area contributed by atoms with E-state index in [1.807, 2.05) is 0 Å². The van der Waals surface area contributed by atoms with Crippen LogP contribution in [0.15, 0.2) is 53.4 Å². The van der Waals surface area contributed by atoms with Crippen molar-refractivity contribution in [3.8, 4) is 11.3 Å². The van der Waals surface area contributed by atoms with E-state index in [2.05, 4.69) is 78.6 Å². The zero-order valence-corrected chi connectivity index (χ0v) is 14.3. The molecule has 0 spiro atoms. The Bertz CT molecular complexity index is 865. The van der Waals surface area contributed by atoms with Gasteiger partial charge in [0.05, 0.1) is 11.4 Å². The number of nitrogens with one attached hydrogen (secondary N) is 1. The third-order valence-corrected chi connectivity index (χ3v) is 5.11. The molecule has 0 saturated heterocycles. The lowest BCUT2D eigenvalue weighted by Gasteiger charge is -2.30. The Hall–Kier alpha value is -2.20. The molecule has 1 unspecified atom stereocenters. The summed E-state index contributed by atoms with van der Waals surface area (Å²) in [5.41, 5.74) is 7.14. The van der Waals surface area contributed by atoms with Gasteiger partial charge >= 0.3 is 0 Å². The normalized spacial score (nSPS) is 15.7. The van der Waals surface area contributed by atoms with Crippen LogP contribution in [0.3, 0.4) is 0 Å². The molecule has 0 radical (unpaired) electrons. The van der Waals surface area contributed by atoms with Crippen LogP contribution in [0.25, 0.3) is 11.3 Å². The summed E-state index contributed by atoms with van der Waals surface area (Å²) in [5, 5.41) is 8.41. The van der Waals surface area contributed by atoms with Crippen molar-refractivity contribution in [1.29, 1.82) is 0 Å². The molecule has 4 rings (SSSR count). The maximum Gasteiger partial charge on any atom is 0.147 e. The Morgan fingerprint density at radius 3 is 2.61 bits per heavy atom. The summed E-state index contributed by atoms with van der Waals surface area (Å²) in [4.78, 5) is 1.28. The summed E-state index contributed by atoms with van der Waals surface area (Å²) in [6, 6.07) is 17.3. The van der Waals surface area contributed by atoms with Crippen LogP contribution in [-0.4, -0.2) is 16.0 Å². The molecule has 2 aromatic carbocycles. The summed E-state index contributed by atoms with van der Waals surface area (Å²) in [6.07, 6.45) is 2.13. The van der Waals surface area contributed by atoms with Gasteiger partial charge in [0, 0.05) is 16.1 Å². The minimum absolute atomic E-state index is 0.0307. The molecule has 3 aromatic rings. The van der Waals surface area contributed by atoms with E-state index in [4.69, 9.17) is 5.10 Å². The van der Waals surface area contributed by atoms with Crippen molar-refractivity contribution in [1.82, 2.24) is 9.78 Å². The first-order chi connectivity index (χ1) is 11.2. The molecule has 1 N–H and O–H groups in total. The minimum Gasteiger partial charge on any atom is -0.359 e. The largest absolute Gasteiger partial charge is 0.359 e. The van der Waals surface area contributed by atoms with Crippen LogP contribution in [0.2, 0.25) is 0 Å². The highest BCUT2D eigenvalue weighted by Gasteiger charge is 2.27. The van der Waals surface area contributed by atoms with Crippen molar-refractivity contribution in [2.75, 3.05) is 11.6 Å². The lowest BCUT2D eigenvalue weighted by atomic mass is 10.0. The third-order valence-electron chi connectivity index (χ3n) is 4.36. The van der Waals surface area contributed by atoms with E-state index in [-0.39, 0.29) is 6.17 Å². The zero-order chi connectivity index (χ0) is 16.0. The lowest BCUT2D eigenvalue weighted by Crippen LogP contribution is -2.26. The van der Waals surface area contributed by atoms with Crippen molar-refractivity contribution in [3.05, 3.63) is 65.4 Å². The highest BCUT2D eigenvalue weighted by atomic mass is 32.2. The first-order valence-corrected chi connectivity index (χ1v) is 8.96. The predicted octanol–water partition coefficient (Wildman–Crippen LogP) is 4.86. The van der Waals surface area contributed by atoms with Gasteiger partial charge < -0.3 is 5.32 Å². The number of aryl methyl sites for hydroxylation is 2. The van der Waals surface area contributed by atoms with Crippen LogP contribution >= 0.6 is 11.8 Å². The number of nitrogens with zero attached hydrogens (tertiary/aromatic N) is 2. The van der Waals surface area contributed by atoms with Gasteiger partial charge in [-0.3, -0.25) is 0 Å². The Morgan fingerprint density at radius 1 is 1.09 bits per heavy atom. The number of hydrogen-bond donors (Lipinski definition) is 1. The fraction of sp³-hybridized carbons (Fsp3) is 0.211. The van der Waals surface area contributed by atoms with Gasteiger partial charge in [-0.2, -0.15) is 5.10 Å². The SMILES string of the molecule is CSc1ccc(C2Nc3c(C)cccc3-c3cc(C)nn32)cc1. The van der Waals surface area contributed by atoms with Crippen molar-refractivity contribution >= 4 is 17.4 Å². The van der Waals surface area contributed by atoms with E-state index in [1.54, 1.807) is 11.8 Å². The number of anilines is 1. The highest BCUT2D eigenvalue weighted by molar-refractivity contribution is 7.98. The molecule has 4 heteroatoms. The van der Waals surface area contributed by atoms with Gasteiger partial charge in [0.25, 0.3) is 0 Å². The predicted molar refractivity (Wildman–Crippen MR) is 97.1 cm³/mol. The van der Waals surface area contributed by atoms with Crippen LogP contribution in [0, 0.1) is 13.8 Å². The van der Waals surface area contributed by atoms with E-state index in [9.17, 15) is 0 Å². The molecule has 1 aliphatic heterocycles. The summed E-state index contributed by atoms with van der Waals surface area (Å²) in [6.45, 7) is 4.20. The lowest BCUT2D eigenvalue weighted by molar-refractivity contribution is 0.570. The average Bonchev–Trinajstić information content (AvgIpc) is 2.96. The number of para-hydroxylation sites is 1. The first-order valence-electron chi connectivity index (χ1n) is 7.74. The molecule has 0 bridgehead atoms. The highest BCUT2D eigenvalue weighted by Crippen LogP contribution is 2.40. The summed E-state index contributed by atoms with van der Waals surface area (Å²) in [7, 11) is 0. The van der Waals surface area contributed by atoms with Crippen molar-refractivity contribution < 1.29 is 0 Å². The summed E-state index contributed by atoms with van der Waals surface area (Å²) >= 11 is 1.76. The van der Waals surface area contributed by atoms with Crippen LogP contribution in [0.5, 0.6) is 0 Å². The summed E-state index contributed by atoms with van der Waals surface area (Å²) < 4.78 is 2.10. The minimum atomic E-state index is 0.0307. The number of benzene rings is 2. The second-order valence-electron chi connectivity index (χ2n) is 5.93. The molecule has 0 saturated carbocycles. The molecule has 1 aliphatic rings. The van der Waals surface area contributed by atoms with Gasteiger partial charge in [-0.25, -0.2) is 4.68 Å². The van der Waals surface area contributed by atoms with Gasteiger partial charge in [-0.05, 0) is 49.4 Å². The first kappa shape index (κ1) is 14.4. The smallest absolute Gasteiger partial charge is 0.147 e. The fourth-order valence-corrected chi connectivity index (χ4v) is 3.60. The Morgan fingerprint density at radius 2 is 1.87 bits per heavy atom. The Kier molecular flexibility index (Phi) is 3.42. The second kappa shape index (κ2) is 5.46. The van der Waals surface area contributed by atoms with Gasteiger partial charge in [0.1, 0.15) is 6.17 Å². The number of thioether (sulfide) groups is 1. The topological polar surface area (TPSA) is 29.9 Å². The van der Waals surface area contributed by atoms with Gasteiger partial charge in [-0.1, -0.05) is 30.3 Å². The Labute approximate surface area is 140 Å². The van der Waals surface area contributed by atoms with Crippen molar-refractivity contribution in [3.63, 3.8) is 0 Å². The van der Waals surface area contributed by atoms with Crippen molar-refractivity contribution in [2.24, 2.45) is 0 Å². The molecule has 0 aliphatic carbocycles. The van der Waals surface area contributed by atoms with E-state index in [1.165, 1.54) is 33.0 Å². The fourth-order valence-electron chi connectivity index (χ4n) is 3.20. The van der Waals surface area contributed by atoms with E-state index < -0.39 is 0 Å². The maximum atomic E-state index is 4.73. The number of rotatable bonds is 2. The van der Waals surface area contributed by atoms with Gasteiger partial charge in [0.15, 0.2) is 0 Å². The van der Waals surface area contributed by atoms with E-state index in [0.29, 0.717) is 0 Å². The standard InChI is InChI=1S/C19H19N3S/c1-12-5-4-6-16-17-11-13(2)21-22(17)19(20-18(12)16)14-7-9-15(23-3)10-8-14/h4-11,19-20H,1-3H3. The average molecular weight is 321 g/mol. The van der Waals surface area contributed by atoms with E-state index >= 15 is 0 Å². The van der Waals surface area contributed by atoms with Gasteiger partial charge in [0.2, 0.25) is 0 Å². The molecule has 3 nitrogen and oxygen atoms in total. The molecule has 2 heterocycles. The molecular weight excluding hydrogens is 302 g/mol. The second-order valence-corrected chi connectivity index (χ2v) is 6.81. The third kappa shape index (κ3) is 2.34. The summed E-state index contributed by atoms with van der Waals surface area (Å²) in [5.74, 6) is 0. The monoisotopic (exact) mass is 321 g/mol. The van der Waals surface area contributed by atoms with E-state index in [0.717, 1.165) is 5.69 Å². The van der Waals surface area contributed by atoms with Crippen LogP contribution in [0.1, 0.15) is 23.0 Å². The molecule has 1 atom stereocenters. The van der Waals surface area contributed by atoms with Crippen molar-refractivity contribution in [2.45, 2.75) is 24.9 Å². The number of hydrogen-bond acceptors (Lipinski definition) is 3. The van der Waals surface area contributed by atoms with Crippen LogP contribution < -0.4 is 5.32 Å². The van der Waals surface area contributed by atoms with Gasteiger partial charge in [-0.15, -0.1) is 11.8 Å². The van der Waals surface area contributed by atoms with Crippen LogP contribution in [0.4, 0.5) is 5.69 Å². The quantitative estimate of drug-likeness (QED) is 0.684. The number of aromatic nitrogens is 2.